The van der Waals surface area contributed by atoms with Crippen LogP contribution in [0.4, 0.5) is 4.39 Å². The molecule has 1 fully saturated rings. The fourth-order valence-corrected chi connectivity index (χ4v) is 3.40. The molecule has 4 heteroatoms. The van der Waals surface area contributed by atoms with Crippen LogP contribution in [0.25, 0.3) is 11.0 Å². The average Bonchev–Trinajstić information content (AvgIpc) is 2.96. The molecule has 2 nitrogen and oxygen atoms in total. The maximum atomic E-state index is 13.5. The molecule has 0 unspecified atom stereocenters. The van der Waals surface area contributed by atoms with Crippen molar-refractivity contribution < 1.29 is 4.39 Å². The Kier molecular flexibility index (Phi) is 2.93. The van der Waals surface area contributed by atoms with E-state index in [9.17, 15) is 4.39 Å². The third-order valence-corrected chi connectivity index (χ3v) is 4.87. The first-order valence-corrected chi connectivity index (χ1v) is 7.29. The Labute approximate surface area is 114 Å². The number of hydrogen-bond acceptors (Lipinski definition) is 1. The molecule has 1 aliphatic rings. The van der Waals surface area contributed by atoms with E-state index in [4.69, 9.17) is 0 Å². The summed E-state index contributed by atoms with van der Waals surface area (Å²) in [6, 6.07) is 3.28. The minimum Gasteiger partial charge on any atom is -0.341 e. The summed E-state index contributed by atoms with van der Waals surface area (Å²) in [6.45, 7) is 2.22. The topological polar surface area (TPSA) is 28.7 Å². The zero-order valence-electron chi connectivity index (χ0n) is 10.4. The van der Waals surface area contributed by atoms with Gasteiger partial charge in [0.1, 0.15) is 11.6 Å². The molecule has 18 heavy (non-hydrogen) atoms. The van der Waals surface area contributed by atoms with Crippen molar-refractivity contribution in [3.8, 4) is 0 Å². The van der Waals surface area contributed by atoms with E-state index in [0.717, 1.165) is 23.3 Å². The first kappa shape index (κ1) is 12.2. The normalized spacial score (nSPS) is 18.6. The van der Waals surface area contributed by atoms with Gasteiger partial charge in [-0.15, -0.1) is 0 Å². The van der Waals surface area contributed by atoms with Crippen LogP contribution >= 0.6 is 15.9 Å². The maximum Gasteiger partial charge on any atom is 0.139 e. The number of nitrogens with zero attached hydrogens (tertiary/aromatic N) is 1. The fraction of sp³-hybridized carbons (Fsp3) is 0.500. The van der Waals surface area contributed by atoms with Crippen LogP contribution in [0, 0.1) is 5.82 Å². The number of H-pyrrole nitrogens is 1. The molecule has 0 amide bonds. The van der Waals surface area contributed by atoms with Crippen LogP contribution in [0.2, 0.25) is 0 Å². The van der Waals surface area contributed by atoms with Crippen molar-refractivity contribution in [2.75, 3.05) is 0 Å². The molecule has 0 bridgehead atoms. The first-order valence-electron chi connectivity index (χ1n) is 6.50. The van der Waals surface area contributed by atoms with Gasteiger partial charge in [-0.05, 0) is 41.3 Å². The molecule has 0 spiro atoms. The highest BCUT2D eigenvalue weighted by atomic mass is 79.9. The number of hydrogen-bond donors (Lipinski definition) is 1. The van der Waals surface area contributed by atoms with Crippen molar-refractivity contribution in [1.29, 1.82) is 0 Å². The predicted octanol–water partition coefficient (Wildman–Crippen LogP) is 4.69. The minimum absolute atomic E-state index is 0.183. The van der Waals surface area contributed by atoms with Crippen LogP contribution in [0.1, 0.15) is 44.9 Å². The van der Waals surface area contributed by atoms with E-state index in [1.807, 2.05) is 0 Å². The quantitative estimate of drug-likeness (QED) is 0.856. The molecule has 1 aromatic carbocycles. The smallest absolute Gasteiger partial charge is 0.139 e. The van der Waals surface area contributed by atoms with Crippen LogP contribution in [0.15, 0.2) is 16.6 Å². The Morgan fingerprint density at radius 3 is 2.78 bits per heavy atom. The van der Waals surface area contributed by atoms with Gasteiger partial charge < -0.3 is 4.98 Å². The lowest BCUT2D eigenvalue weighted by Crippen LogP contribution is -2.22. The Bertz CT molecular complexity index is 546. The average molecular weight is 311 g/mol. The van der Waals surface area contributed by atoms with E-state index in [2.05, 4.69) is 32.8 Å². The second-order valence-electron chi connectivity index (χ2n) is 5.21. The number of aromatic amines is 1. The van der Waals surface area contributed by atoms with Crippen LogP contribution in [-0.4, -0.2) is 9.97 Å². The summed E-state index contributed by atoms with van der Waals surface area (Å²) in [5.74, 6) is 0.796. The first-order chi connectivity index (χ1) is 8.64. The number of aromatic nitrogens is 2. The third-order valence-electron chi connectivity index (χ3n) is 4.26. The summed E-state index contributed by atoms with van der Waals surface area (Å²) in [4.78, 5) is 8.01. The van der Waals surface area contributed by atoms with Crippen molar-refractivity contribution >= 4 is 27.0 Å². The zero-order valence-corrected chi connectivity index (χ0v) is 12.0. The SMILES string of the molecule is CCC1(c2nc3cc(Br)c(F)cc3[nH]2)CCCC1. The van der Waals surface area contributed by atoms with Crippen LogP contribution < -0.4 is 0 Å². The molecule has 0 radical (unpaired) electrons. The summed E-state index contributed by atoms with van der Waals surface area (Å²) >= 11 is 3.21. The Morgan fingerprint density at radius 1 is 1.39 bits per heavy atom. The van der Waals surface area contributed by atoms with Gasteiger partial charge in [-0.25, -0.2) is 9.37 Å². The number of imidazole rings is 1. The molecule has 2 aromatic rings. The van der Waals surface area contributed by atoms with Crippen molar-refractivity contribution in [3.05, 3.63) is 28.2 Å². The monoisotopic (exact) mass is 310 g/mol. The Hall–Kier alpha value is -0.900. The molecular weight excluding hydrogens is 295 g/mol. The Morgan fingerprint density at radius 2 is 2.11 bits per heavy atom. The van der Waals surface area contributed by atoms with Gasteiger partial charge in [-0.2, -0.15) is 0 Å². The van der Waals surface area contributed by atoms with Gasteiger partial charge in [0.15, 0.2) is 0 Å². The zero-order chi connectivity index (χ0) is 12.8. The lowest BCUT2D eigenvalue weighted by atomic mass is 9.83. The number of halogens is 2. The molecule has 0 saturated heterocycles. The van der Waals surface area contributed by atoms with E-state index in [1.54, 1.807) is 6.07 Å². The second-order valence-corrected chi connectivity index (χ2v) is 6.06. The molecule has 1 N–H and O–H groups in total. The highest BCUT2D eigenvalue weighted by Crippen LogP contribution is 2.43. The summed E-state index contributed by atoms with van der Waals surface area (Å²) in [5.41, 5.74) is 1.82. The number of benzene rings is 1. The largest absolute Gasteiger partial charge is 0.341 e. The van der Waals surface area contributed by atoms with E-state index in [0.29, 0.717) is 4.47 Å². The summed E-state index contributed by atoms with van der Waals surface area (Å²) in [5, 5.41) is 0. The van der Waals surface area contributed by atoms with Crippen molar-refractivity contribution in [2.45, 2.75) is 44.4 Å². The lowest BCUT2D eigenvalue weighted by molar-refractivity contribution is 0.403. The Balaban J connectivity index is 2.13. The highest BCUT2D eigenvalue weighted by Gasteiger charge is 2.36. The second kappa shape index (κ2) is 4.34. The van der Waals surface area contributed by atoms with Gasteiger partial charge >= 0.3 is 0 Å². The molecule has 1 saturated carbocycles. The van der Waals surface area contributed by atoms with Crippen LogP contribution in [0.3, 0.4) is 0 Å². The van der Waals surface area contributed by atoms with Crippen molar-refractivity contribution in [1.82, 2.24) is 9.97 Å². The third kappa shape index (κ3) is 1.78. The number of rotatable bonds is 2. The fourth-order valence-electron chi connectivity index (χ4n) is 3.07. The van der Waals surface area contributed by atoms with Crippen LogP contribution in [0.5, 0.6) is 0 Å². The molecule has 0 aliphatic heterocycles. The van der Waals surface area contributed by atoms with Gasteiger partial charge in [0, 0.05) is 11.5 Å². The molecule has 0 atom stereocenters. The van der Waals surface area contributed by atoms with Gasteiger partial charge in [-0.3, -0.25) is 0 Å². The minimum atomic E-state index is -0.241. The van der Waals surface area contributed by atoms with Crippen molar-refractivity contribution in [2.24, 2.45) is 0 Å². The molecule has 1 aliphatic carbocycles. The van der Waals surface area contributed by atoms with E-state index >= 15 is 0 Å². The summed E-state index contributed by atoms with van der Waals surface area (Å²) in [6.07, 6.45) is 6.00. The molecule has 96 valence electrons. The molecule has 1 heterocycles. The van der Waals surface area contributed by atoms with E-state index < -0.39 is 0 Å². The molecule has 1 aromatic heterocycles. The number of nitrogens with one attached hydrogen (secondary N) is 1. The van der Waals surface area contributed by atoms with Gasteiger partial charge in [-0.1, -0.05) is 19.8 Å². The highest BCUT2D eigenvalue weighted by molar-refractivity contribution is 9.10. The number of fused-ring (bicyclic) bond motifs is 1. The van der Waals surface area contributed by atoms with E-state index in [1.165, 1.54) is 31.7 Å². The molecular formula is C14H16BrFN2. The van der Waals surface area contributed by atoms with Gasteiger partial charge in [0.2, 0.25) is 0 Å². The van der Waals surface area contributed by atoms with Crippen LogP contribution in [-0.2, 0) is 5.41 Å². The van der Waals surface area contributed by atoms with E-state index in [-0.39, 0.29) is 11.2 Å². The van der Waals surface area contributed by atoms with Gasteiger partial charge in [0.05, 0.1) is 15.5 Å². The summed E-state index contributed by atoms with van der Waals surface area (Å²) < 4.78 is 14.0. The summed E-state index contributed by atoms with van der Waals surface area (Å²) in [7, 11) is 0. The van der Waals surface area contributed by atoms with Gasteiger partial charge in [0.25, 0.3) is 0 Å². The maximum absolute atomic E-state index is 13.5. The van der Waals surface area contributed by atoms with Crippen molar-refractivity contribution in [3.63, 3.8) is 0 Å². The predicted molar refractivity (Wildman–Crippen MR) is 74.2 cm³/mol. The standard InChI is InChI=1S/C14H16BrFN2/c1-2-14(5-3-4-6-14)13-17-11-7-9(15)10(16)8-12(11)18-13/h7-8H,2-6H2,1H3,(H,17,18). The molecule has 3 rings (SSSR count). The lowest BCUT2D eigenvalue weighted by Gasteiger charge is -2.24.